The fraction of sp³-hybridized carbons (Fsp3) is 0.724. The van der Waals surface area contributed by atoms with Crippen molar-refractivity contribution in [3.05, 3.63) is 23.8 Å². The van der Waals surface area contributed by atoms with Crippen molar-refractivity contribution in [3.63, 3.8) is 0 Å². The second kappa shape index (κ2) is 9.96. The molecule has 3 fully saturated rings. The molecule has 0 unspecified atom stereocenters. The standard InChI is InChI=1S/C29H40ClNO6/c1-7-23(34)36-15-22(33)29(37-24(35)8-2)16(3)11-19-25-20(30)13-17-12-18(31-6)9-10-27(17,4)26(25)21(32)14-28(19,29)5/h9-10,12,16,19-21,25-26,32H,7-8,11,13-15H2,1-6H3/b31-18+/t16-,19+,20-,21+,25-,26+,27+,28+,29+/m1/s1. The number of rotatable bonds is 6. The van der Waals surface area contributed by atoms with E-state index in [0.29, 0.717) is 12.8 Å². The average Bonchev–Trinajstić information content (AvgIpc) is 3.08. The van der Waals surface area contributed by atoms with E-state index < -0.39 is 41.4 Å². The van der Waals surface area contributed by atoms with Crippen LogP contribution >= 0.6 is 11.6 Å². The van der Waals surface area contributed by atoms with Crippen LogP contribution in [0.4, 0.5) is 0 Å². The maximum Gasteiger partial charge on any atom is 0.306 e. The van der Waals surface area contributed by atoms with Gasteiger partial charge in [0, 0.05) is 47.9 Å². The Hall–Kier alpha value is -1.99. The van der Waals surface area contributed by atoms with E-state index in [9.17, 15) is 19.5 Å². The molecule has 0 amide bonds. The number of fused-ring (bicyclic) bond motifs is 5. The number of aliphatic hydroxyl groups excluding tert-OH is 1. The van der Waals surface area contributed by atoms with E-state index in [1.165, 1.54) is 0 Å². The number of ether oxygens (including phenoxy) is 2. The summed E-state index contributed by atoms with van der Waals surface area (Å²) in [6.07, 6.45) is 7.28. The smallest absolute Gasteiger partial charge is 0.306 e. The van der Waals surface area contributed by atoms with Crippen molar-refractivity contribution < 1.29 is 29.0 Å². The fourth-order valence-electron chi connectivity index (χ4n) is 8.19. The molecular formula is C29H40ClNO6. The van der Waals surface area contributed by atoms with Gasteiger partial charge in [-0.3, -0.25) is 19.4 Å². The van der Waals surface area contributed by atoms with Crippen LogP contribution in [-0.2, 0) is 23.9 Å². The van der Waals surface area contributed by atoms with Crippen molar-refractivity contribution >= 4 is 35.0 Å². The Kier molecular flexibility index (Phi) is 7.54. The van der Waals surface area contributed by atoms with E-state index in [0.717, 1.165) is 11.3 Å². The SMILES string of the molecule is CCC(=O)OCC(=O)[C@@]1(OC(=O)CC)[C@H](C)C[C@H]2[C@H]3[C@H]([C@@H](O)C[C@@]21C)[C@@]1(C)C=C/C(=N\C)C=C1C[C@H]3Cl. The molecule has 0 bridgehead atoms. The van der Waals surface area contributed by atoms with Gasteiger partial charge < -0.3 is 14.6 Å². The van der Waals surface area contributed by atoms with Crippen molar-refractivity contribution in [2.45, 2.75) is 83.8 Å². The molecule has 7 nitrogen and oxygen atoms in total. The normalized spacial score (nSPS) is 43.4. The highest BCUT2D eigenvalue weighted by atomic mass is 35.5. The first kappa shape index (κ1) is 28.0. The number of hydrogen-bond acceptors (Lipinski definition) is 7. The van der Waals surface area contributed by atoms with Gasteiger partial charge in [0.1, 0.15) is 0 Å². The molecule has 3 saturated carbocycles. The van der Waals surface area contributed by atoms with Gasteiger partial charge in [0.2, 0.25) is 5.78 Å². The molecule has 0 aromatic carbocycles. The second-order valence-corrected chi connectivity index (χ2v) is 12.3. The zero-order chi connectivity index (χ0) is 27.3. The number of hydrogen-bond donors (Lipinski definition) is 1. The summed E-state index contributed by atoms with van der Waals surface area (Å²) in [5.41, 5.74) is -0.718. The number of esters is 2. The molecule has 8 heteroatoms. The number of aliphatic imine (C=N–C) groups is 1. The topological polar surface area (TPSA) is 102 Å². The number of alkyl halides is 1. The lowest BCUT2D eigenvalue weighted by Gasteiger charge is -2.61. The molecule has 37 heavy (non-hydrogen) atoms. The molecule has 0 spiro atoms. The largest absolute Gasteiger partial charge is 0.457 e. The Bertz CT molecular complexity index is 1070. The van der Waals surface area contributed by atoms with E-state index in [1.54, 1.807) is 20.9 Å². The molecule has 204 valence electrons. The Morgan fingerprint density at radius 1 is 1.19 bits per heavy atom. The molecular weight excluding hydrogens is 494 g/mol. The van der Waals surface area contributed by atoms with Crippen LogP contribution in [0.3, 0.4) is 0 Å². The van der Waals surface area contributed by atoms with Gasteiger partial charge in [0.15, 0.2) is 12.2 Å². The quantitative estimate of drug-likeness (QED) is 0.400. The lowest BCUT2D eigenvalue weighted by atomic mass is 9.46. The fourth-order valence-corrected chi connectivity index (χ4v) is 8.68. The Balaban J connectivity index is 1.79. The number of Topliss-reactive ketones (excluding diaryl/α,β-unsaturated/α-hetero) is 1. The Morgan fingerprint density at radius 3 is 2.49 bits per heavy atom. The molecule has 0 aromatic heterocycles. The predicted molar refractivity (Wildman–Crippen MR) is 141 cm³/mol. The van der Waals surface area contributed by atoms with Crippen molar-refractivity contribution in [1.29, 1.82) is 0 Å². The monoisotopic (exact) mass is 533 g/mol. The Labute approximate surface area is 224 Å². The van der Waals surface area contributed by atoms with Gasteiger partial charge in [-0.25, -0.2) is 0 Å². The third kappa shape index (κ3) is 4.12. The molecule has 0 radical (unpaired) electrons. The first-order valence-electron chi connectivity index (χ1n) is 13.5. The van der Waals surface area contributed by atoms with E-state index in [1.807, 2.05) is 19.9 Å². The van der Waals surface area contributed by atoms with Crippen molar-refractivity contribution in [2.75, 3.05) is 13.7 Å². The molecule has 9 atom stereocenters. The summed E-state index contributed by atoms with van der Waals surface area (Å²) in [7, 11) is 1.76. The van der Waals surface area contributed by atoms with Crippen molar-refractivity contribution in [2.24, 2.45) is 39.5 Å². The highest BCUT2D eigenvalue weighted by Crippen LogP contribution is 2.69. The molecule has 0 aliphatic heterocycles. The number of ketones is 1. The number of aliphatic hydroxyl groups is 1. The van der Waals surface area contributed by atoms with Crippen LogP contribution in [-0.4, -0.2) is 59.3 Å². The van der Waals surface area contributed by atoms with Crippen LogP contribution < -0.4 is 0 Å². The van der Waals surface area contributed by atoms with E-state index in [2.05, 4.69) is 24.1 Å². The van der Waals surface area contributed by atoms with Gasteiger partial charge in [-0.05, 0) is 43.3 Å². The van der Waals surface area contributed by atoms with Crippen LogP contribution in [0.15, 0.2) is 28.8 Å². The second-order valence-electron chi connectivity index (χ2n) is 11.7. The summed E-state index contributed by atoms with van der Waals surface area (Å²) in [6, 6.07) is 0. The maximum atomic E-state index is 13.9. The number of allylic oxidation sites excluding steroid dienone is 4. The van der Waals surface area contributed by atoms with Crippen LogP contribution in [0, 0.1) is 34.5 Å². The molecule has 4 aliphatic rings. The van der Waals surface area contributed by atoms with Gasteiger partial charge in [-0.15, -0.1) is 11.6 Å². The van der Waals surface area contributed by atoms with Crippen LogP contribution in [0.2, 0.25) is 0 Å². The molecule has 4 rings (SSSR count). The van der Waals surface area contributed by atoms with E-state index >= 15 is 0 Å². The van der Waals surface area contributed by atoms with Gasteiger partial charge >= 0.3 is 11.9 Å². The predicted octanol–water partition coefficient (Wildman–Crippen LogP) is 4.44. The summed E-state index contributed by atoms with van der Waals surface area (Å²) in [4.78, 5) is 42.9. The maximum absolute atomic E-state index is 13.9. The summed E-state index contributed by atoms with van der Waals surface area (Å²) in [6.45, 7) is 8.94. The average molecular weight is 534 g/mol. The Morgan fingerprint density at radius 2 is 1.86 bits per heavy atom. The van der Waals surface area contributed by atoms with Crippen molar-refractivity contribution in [1.82, 2.24) is 0 Å². The minimum Gasteiger partial charge on any atom is -0.457 e. The van der Waals surface area contributed by atoms with Crippen LogP contribution in [0.1, 0.15) is 66.7 Å². The van der Waals surface area contributed by atoms with Gasteiger partial charge in [-0.1, -0.05) is 46.3 Å². The van der Waals surface area contributed by atoms with Gasteiger partial charge in [-0.2, -0.15) is 0 Å². The highest BCUT2D eigenvalue weighted by Gasteiger charge is 2.73. The first-order valence-corrected chi connectivity index (χ1v) is 13.9. The zero-order valence-corrected chi connectivity index (χ0v) is 23.5. The summed E-state index contributed by atoms with van der Waals surface area (Å²) >= 11 is 7.15. The first-order chi connectivity index (χ1) is 17.4. The molecule has 4 aliphatic carbocycles. The molecule has 1 N–H and O–H groups in total. The lowest BCUT2D eigenvalue weighted by Crippen LogP contribution is -2.65. The molecule has 0 heterocycles. The highest BCUT2D eigenvalue weighted by molar-refractivity contribution is 6.21. The zero-order valence-electron chi connectivity index (χ0n) is 22.8. The van der Waals surface area contributed by atoms with Gasteiger partial charge in [0.25, 0.3) is 0 Å². The van der Waals surface area contributed by atoms with Crippen LogP contribution in [0.25, 0.3) is 0 Å². The summed E-state index contributed by atoms with van der Waals surface area (Å²) in [5.74, 6) is -2.04. The third-order valence-electron chi connectivity index (χ3n) is 9.92. The van der Waals surface area contributed by atoms with E-state index in [-0.39, 0.29) is 53.7 Å². The summed E-state index contributed by atoms with van der Waals surface area (Å²) in [5, 5.41) is 11.6. The number of nitrogens with zero attached hydrogens (tertiary/aromatic N) is 1. The van der Waals surface area contributed by atoms with Crippen molar-refractivity contribution in [3.8, 4) is 0 Å². The number of carbonyl (C=O) groups excluding carboxylic acids is 3. The van der Waals surface area contributed by atoms with Crippen LogP contribution in [0.5, 0.6) is 0 Å². The third-order valence-corrected chi connectivity index (χ3v) is 10.4. The minimum atomic E-state index is -1.51. The molecule has 0 saturated heterocycles. The summed E-state index contributed by atoms with van der Waals surface area (Å²) < 4.78 is 11.4. The minimum absolute atomic E-state index is 0.0677. The molecule has 0 aromatic rings. The van der Waals surface area contributed by atoms with E-state index in [4.69, 9.17) is 21.1 Å². The number of halogens is 1. The number of carbonyl (C=O) groups is 3. The lowest BCUT2D eigenvalue weighted by molar-refractivity contribution is -0.205. The van der Waals surface area contributed by atoms with Gasteiger partial charge in [0.05, 0.1) is 11.8 Å².